The number of sulfonamides is 1. The van der Waals surface area contributed by atoms with E-state index in [1.54, 1.807) is 13.8 Å². The van der Waals surface area contributed by atoms with Crippen LogP contribution in [0.4, 0.5) is 4.39 Å². The molecule has 1 saturated heterocycles. The third-order valence-electron chi connectivity index (χ3n) is 4.74. The minimum absolute atomic E-state index is 0.122. The Labute approximate surface area is 171 Å². The van der Waals surface area contributed by atoms with Crippen LogP contribution in [-0.2, 0) is 25.0 Å². The van der Waals surface area contributed by atoms with Gasteiger partial charge in [-0.2, -0.15) is 21.8 Å². The van der Waals surface area contributed by atoms with Gasteiger partial charge in [0.1, 0.15) is 10.7 Å². The molecule has 1 heterocycles. The topological polar surface area (TPSA) is 107 Å². The van der Waals surface area contributed by atoms with Gasteiger partial charge in [-0.3, -0.25) is 4.79 Å². The molecule has 1 aromatic carbocycles. The second-order valence-corrected chi connectivity index (χ2v) is 10.2. The number of carbonyl (C=O) groups is 1. The molecule has 9 nitrogen and oxygen atoms in total. The highest BCUT2D eigenvalue weighted by Crippen LogP contribution is 2.16. The Morgan fingerprint density at radius 2 is 1.66 bits per heavy atom. The number of amides is 1. The summed E-state index contributed by atoms with van der Waals surface area (Å²) in [5, 5.41) is 0. The number of hydrogen-bond acceptors (Lipinski definition) is 5. The maximum atomic E-state index is 13.8. The Bertz CT molecular complexity index is 927. The summed E-state index contributed by atoms with van der Waals surface area (Å²) in [6.07, 6.45) is 0. The first kappa shape index (κ1) is 23.7. The van der Waals surface area contributed by atoms with Crippen LogP contribution >= 0.6 is 0 Å². The van der Waals surface area contributed by atoms with Gasteiger partial charge in [-0.15, -0.1) is 0 Å². The number of nitrogens with one attached hydrogen (secondary N) is 1. The van der Waals surface area contributed by atoms with Gasteiger partial charge in [0.15, 0.2) is 0 Å². The molecule has 0 spiro atoms. The molecule has 1 amide bonds. The molecular weight excluding hydrogens is 423 g/mol. The maximum absolute atomic E-state index is 13.8. The van der Waals surface area contributed by atoms with Crippen LogP contribution in [0, 0.1) is 5.82 Å². The average Bonchev–Trinajstić information content (AvgIpc) is 2.68. The average molecular weight is 451 g/mol. The number of carbonyl (C=O) groups excluding carboxylic acids is 1. The van der Waals surface area contributed by atoms with E-state index < -0.39 is 42.9 Å². The van der Waals surface area contributed by atoms with Gasteiger partial charge in [-0.1, -0.05) is 26.0 Å². The highest BCUT2D eigenvalue weighted by Gasteiger charge is 2.34. The van der Waals surface area contributed by atoms with Gasteiger partial charge in [0.25, 0.3) is 10.2 Å². The number of rotatable bonds is 8. The van der Waals surface area contributed by atoms with E-state index in [2.05, 4.69) is 4.72 Å². The summed E-state index contributed by atoms with van der Waals surface area (Å²) in [7, 11) is -7.80. The molecule has 2 rings (SSSR count). The molecule has 1 N–H and O–H groups in total. The molecule has 12 heteroatoms. The monoisotopic (exact) mass is 450 g/mol. The molecule has 0 radical (unpaired) electrons. The molecule has 1 aromatic rings. The van der Waals surface area contributed by atoms with Crippen LogP contribution in [0.25, 0.3) is 0 Å². The van der Waals surface area contributed by atoms with Crippen molar-refractivity contribution in [2.75, 3.05) is 39.3 Å². The van der Waals surface area contributed by atoms with Gasteiger partial charge in [-0.05, 0) is 19.1 Å². The Hall–Kier alpha value is -1.60. The van der Waals surface area contributed by atoms with Crippen molar-refractivity contribution in [2.24, 2.45) is 0 Å². The van der Waals surface area contributed by atoms with Gasteiger partial charge in [0.2, 0.25) is 15.9 Å². The molecule has 29 heavy (non-hydrogen) atoms. The van der Waals surface area contributed by atoms with Crippen LogP contribution in [-0.4, -0.2) is 81.6 Å². The summed E-state index contributed by atoms with van der Waals surface area (Å²) in [5.41, 5.74) is 0. The second-order valence-electron chi connectivity index (χ2n) is 6.59. The summed E-state index contributed by atoms with van der Waals surface area (Å²) in [6, 6.07) is 3.78. The van der Waals surface area contributed by atoms with Crippen LogP contribution in [0.3, 0.4) is 0 Å². The lowest BCUT2D eigenvalue weighted by Crippen LogP contribution is -2.57. The lowest BCUT2D eigenvalue weighted by molar-refractivity contribution is -0.133. The van der Waals surface area contributed by atoms with Crippen molar-refractivity contribution in [1.29, 1.82) is 0 Å². The standard InChI is InChI=1S/C17H27FN4O5S2/c1-4-21(5-2)29(26,27)22-12-10-20(11-13-22)17(23)14(3)19-28(24,25)16-9-7-6-8-15(16)18/h6-9,14,19H,4-5,10-13H2,1-3H3/t14-/m0/s1. The molecule has 0 saturated carbocycles. The normalized spacial score (nSPS) is 17.5. The second kappa shape index (κ2) is 9.47. The van der Waals surface area contributed by atoms with E-state index in [0.29, 0.717) is 13.1 Å². The van der Waals surface area contributed by atoms with Crippen molar-refractivity contribution in [2.45, 2.75) is 31.7 Å². The highest BCUT2D eigenvalue weighted by molar-refractivity contribution is 7.89. The predicted octanol–water partition coefficient (Wildman–Crippen LogP) is 0.223. The zero-order chi connectivity index (χ0) is 21.8. The van der Waals surface area contributed by atoms with Gasteiger partial charge in [-0.25, -0.2) is 12.8 Å². The SMILES string of the molecule is CCN(CC)S(=O)(=O)N1CCN(C(=O)[C@H](C)NS(=O)(=O)c2ccccc2F)CC1. The van der Waals surface area contributed by atoms with Crippen molar-refractivity contribution in [3.63, 3.8) is 0 Å². The van der Waals surface area contributed by atoms with E-state index in [1.807, 2.05) is 0 Å². The fourth-order valence-electron chi connectivity index (χ4n) is 3.14. The molecule has 0 bridgehead atoms. The van der Waals surface area contributed by atoms with Crippen LogP contribution < -0.4 is 4.72 Å². The quantitative estimate of drug-likeness (QED) is 0.610. The van der Waals surface area contributed by atoms with Crippen LogP contribution in [0.1, 0.15) is 20.8 Å². The van der Waals surface area contributed by atoms with Crippen LogP contribution in [0.15, 0.2) is 29.2 Å². The number of benzene rings is 1. The summed E-state index contributed by atoms with van der Waals surface area (Å²) in [6.45, 7) is 6.12. The third-order valence-corrected chi connectivity index (χ3v) is 8.50. The Morgan fingerprint density at radius 1 is 1.10 bits per heavy atom. The number of hydrogen-bond donors (Lipinski definition) is 1. The number of piperazine rings is 1. The van der Waals surface area contributed by atoms with Crippen molar-refractivity contribution < 1.29 is 26.0 Å². The maximum Gasteiger partial charge on any atom is 0.282 e. The molecule has 164 valence electrons. The molecule has 1 aliphatic rings. The first-order valence-corrected chi connectivity index (χ1v) is 12.2. The van der Waals surface area contributed by atoms with E-state index in [-0.39, 0.29) is 26.2 Å². The van der Waals surface area contributed by atoms with Gasteiger partial charge in [0.05, 0.1) is 6.04 Å². The lowest BCUT2D eigenvalue weighted by atomic mass is 10.2. The van der Waals surface area contributed by atoms with E-state index in [4.69, 9.17) is 0 Å². The molecule has 0 aromatic heterocycles. The molecule has 1 aliphatic heterocycles. The molecule has 1 atom stereocenters. The van der Waals surface area contributed by atoms with E-state index in [1.165, 1.54) is 32.6 Å². The van der Waals surface area contributed by atoms with E-state index >= 15 is 0 Å². The summed E-state index contributed by atoms with van der Waals surface area (Å²) in [5.74, 6) is -1.40. The Balaban J connectivity index is 2.01. The first-order valence-electron chi connectivity index (χ1n) is 9.35. The Kier molecular flexibility index (Phi) is 7.74. The number of nitrogens with zero attached hydrogens (tertiary/aromatic N) is 3. The lowest BCUT2D eigenvalue weighted by Gasteiger charge is -2.37. The van der Waals surface area contributed by atoms with Crippen LogP contribution in [0.2, 0.25) is 0 Å². The third kappa shape index (κ3) is 5.31. The molecule has 1 fully saturated rings. The first-order chi connectivity index (χ1) is 13.5. The minimum atomic E-state index is -4.21. The van der Waals surface area contributed by atoms with Crippen molar-refractivity contribution >= 4 is 26.1 Å². The van der Waals surface area contributed by atoms with Crippen molar-refractivity contribution in [3.8, 4) is 0 Å². The fourth-order valence-corrected chi connectivity index (χ4v) is 6.02. The zero-order valence-electron chi connectivity index (χ0n) is 16.7. The van der Waals surface area contributed by atoms with Gasteiger partial charge >= 0.3 is 0 Å². The highest BCUT2D eigenvalue weighted by atomic mass is 32.2. The molecule has 0 unspecified atom stereocenters. The minimum Gasteiger partial charge on any atom is -0.339 e. The van der Waals surface area contributed by atoms with Crippen molar-refractivity contribution in [1.82, 2.24) is 18.2 Å². The molecular formula is C17H27FN4O5S2. The zero-order valence-corrected chi connectivity index (χ0v) is 18.3. The summed E-state index contributed by atoms with van der Waals surface area (Å²) >= 11 is 0. The predicted molar refractivity (Wildman–Crippen MR) is 106 cm³/mol. The Morgan fingerprint density at radius 3 is 2.17 bits per heavy atom. The molecule has 0 aliphatic carbocycles. The number of halogens is 1. The van der Waals surface area contributed by atoms with E-state index in [0.717, 1.165) is 12.1 Å². The largest absolute Gasteiger partial charge is 0.339 e. The van der Waals surface area contributed by atoms with E-state index in [9.17, 15) is 26.0 Å². The van der Waals surface area contributed by atoms with Gasteiger partial charge < -0.3 is 4.90 Å². The fraction of sp³-hybridized carbons (Fsp3) is 0.588. The van der Waals surface area contributed by atoms with Crippen molar-refractivity contribution in [3.05, 3.63) is 30.1 Å². The summed E-state index contributed by atoms with van der Waals surface area (Å²) in [4.78, 5) is 13.5. The smallest absolute Gasteiger partial charge is 0.282 e. The summed E-state index contributed by atoms with van der Waals surface area (Å²) < 4.78 is 68.5. The van der Waals surface area contributed by atoms with Crippen LogP contribution in [0.5, 0.6) is 0 Å². The van der Waals surface area contributed by atoms with Gasteiger partial charge in [0, 0.05) is 39.3 Å².